The van der Waals surface area contributed by atoms with Crippen molar-refractivity contribution in [1.82, 2.24) is 10.3 Å². The van der Waals surface area contributed by atoms with Crippen LogP contribution in [-0.4, -0.2) is 33.8 Å². The van der Waals surface area contributed by atoms with Crippen molar-refractivity contribution >= 4 is 23.6 Å². The van der Waals surface area contributed by atoms with E-state index in [0.717, 1.165) is 4.90 Å². The van der Waals surface area contributed by atoms with Crippen molar-refractivity contribution < 1.29 is 14.7 Å². The molecule has 0 saturated heterocycles. The van der Waals surface area contributed by atoms with E-state index in [2.05, 4.69) is 10.3 Å². The van der Waals surface area contributed by atoms with Crippen LogP contribution in [0, 0.1) is 0 Å². The Morgan fingerprint density at radius 1 is 1.50 bits per heavy atom. The summed E-state index contributed by atoms with van der Waals surface area (Å²) in [5.74, 6) is -1.10. The molecule has 1 heterocycles. The monoisotopic (exact) mass is 268 g/mol. The Balaban J connectivity index is 2.81. The molecule has 0 aromatic carbocycles. The maximum atomic E-state index is 11.6. The Bertz CT molecular complexity index is 437. The molecule has 6 heteroatoms. The highest BCUT2D eigenvalue weighted by molar-refractivity contribution is 8.00. The zero-order valence-electron chi connectivity index (χ0n) is 10.3. The number of carbonyl (C=O) groups excluding carboxylic acids is 1. The number of carbonyl (C=O) groups is 2. The number of nitrogens with one attached hydrogen (secondary N) is 1. The molecule has 18 heavy (non-hydrogen) atoms. The molecule has 98 valence electrons. The molecule has 1 amide bonds. The van der Waals surface area contributed by atoms with Crippen LogP contribution in [0.25, 0.3) is 0 Å². The summed E-state index contributed by atoms with van der Waals surface area (Å²) in [6, 6.07) is 3.32. The first-order valence-corrected chi connectivity index (χ1v) is 6.60. The summed E-state index contributed by atoms with van der Waals surface area (Å²) in [6.45, 7) is 4.18. The van der Waals surface area contributed by atoms with Crippen LogP contribution in [0.3, 0.4) is 0 Å². The molecule has 0 aliphatic rings. The van der Waals surface area contributed by atoms with Gasteiger partial charge in [-0.25, -0.2) is 0 Å². The van der Waals surface area contributed by atoms with Crippen molar-refractivity contribution in [1.29, 1.82) is 0 Å². The third kappa shape index (κ3) is 4.03. The van der Waals surface area contributed by atoms with E-state index in [1.165, 1.54) is 18.0 Å². The van der Waals surface area contributed by atoms with Crippen molar-refractivity contribution in [2.45, 2.75) is 30.4 Å². The van der Waals surface area contributed by atoms with Crippen LogP contribution < -0.4 is 5.32 Å². The van der Waals surface area contributed by atoms with Crippen LogP contribution in [0.15, 0.2) is 23.2 Å². The molecular weight excluding hydrogens is 252 g/mol. The van der Waals surface area contributed by atoms with Gasteiger partial charge < -0.3 is 10.4 Å². The Hall–Kier alpha value is -1.56. The van der Waals surface area contributed by atoms with Crippen molar-refractivity contribution in [2.24, 2.45) is 0 Å². The Kier molecular flexibility index (Phi) is 5.64. The highest BCUT2D eigenvalue weighted by Crippen LogP contribution is 2.25. The number of nitrogens with zero attached hydrogens (tertiary/aromatic N) is 1. The number of aliphatic carboxylic acids is 1. The molecular formula is C12H16N2O3S. The number of thioether (sulfide) groups is 1. The molecule has 0 saturated carbocycles. The fraction of sp³-hybridized carbons (Fsp3) is 0.417. The summed E-state index contributed by atoms with van der Waals surface area (Å²) < 4.78 is 0. The number of carboxylic acid groups (broad SMARTS) is 1. The minimum Gasteiger partial charge on any atom is -0.480 e. The van der Waals surface area contributed by atoms with Gasteiger partial charge in [0.05, 0.1) is 0 Å². The van der Waals surface area contributed by atoms with Gasteiger partial charge in [0.1, 0.15) is 10.9 Å². The van der Waals surface area contributed by atoms with E-state index in [0.29, 0.717) is 18.7 Å². The lowest BCUT2D eigenvalue weighted by molar-refractivity contribution is -0.136. The van der Waals surface area contributed by atoms with Crippen LogP contribution in [0.2, 0.25) is 0 Å². The Labute approximate surface area is 110 Å². The Morgan fingerprint density at radius 3 is 2.78 bits per heavy atom. The summed E-state index contributed by atoms with van der Waals surface area (Å²) >= 11 is 1.23. The summed E-state index contributed by atoms with van der Waals surface area (Å²) in [4.78, 5) is 27.2. The molecule has 1 aromatic rings. The topological polar surface area (TPSA) is 79.3 Å². The molecule has 5 nitrogen and oxygen atoms in total. The van der Waals surface area contributed by atoms with Gasteiger partial charge in [0, 0.05) is 17.6 Å². The number of amides is 1. The van der Waals surface area contributed by atoms with E-state index in [1.54, 1.807) is 12.1 Å². The minimum atomic E-state index is -0.848. The van der Waals surface area contributed by atoms with E-state index in [1.807, 2.05) is 13.8 Å². The molecule has 1 atom stereocenters. The highest BCUT2D eigenvalue weighted by atomic mass is 32.2. The summed E-state index contributed by atoms with van der Waals surface area (Å²) in [5.41, 5.74) is 0.307. The predicted octanol–water partition coefficient (Wildman–Crippen LogP) is 1.79. The van der Waals surface area contributed by atoms with Gasteiger partial charge in [-0.3, -0.25) is 14.6 Å². The molecule has 0 fully saturated rings. The molecule has 0 aliphatic heterocycles. The van der Waals surface area contributed by atoms with Gasteiger partial charge >= 0.3 is 5.97 Å². The molecule has 1 rings (SSSR count). The zero-order chi connectivity index (χ0) is 13.5. The van der Waals surface area contributed by atoms with Crippen LogP contribution in [0.5, 0.6) is 0 Å². The first kappa shape index (κ1) is 14.5. The lowest BCUT2D eigenvalue weighted by atomic mass is 10.3. The second-order valence-electron chi connectivity index (χ2n) is 3.59. The molecule has 0 spiro atoms. The molecule has 1 aromatic heterocycles. The van der Waals surface area contributed by atoms with Crippen LogP contribution in [-0.2, 0) is 4.79 Å². The van der Waals surface area contributed by atoms with E-state index < -0.39 is 11.2 Å². The van der Waals surface area contributed by atoms with E-state index in [4.69, 9.17) is 5.11 Å². The first-order valence-electron chi connectivity index (χ1n) is 5.72. The quantitative estimate of drug-likeness (QED) is 0.769. The third-order valence-electron chi connectivity index (χ3n) is 2.23. The van der Waals surface area contributed by atoms with Gasteiger partial charge in [-0.05, 0) is 25.5 Å². The van der Waals surface area contributed by atoms with Crippen molar-refractivity contribution in [2.75, 3.05) is 6.54 Å². The normalized spacial score (nSPS) is 11.9. The fourth-order valence-electron chi connectivity index (χ4n) is 1.33. The number of carboxylic acids is 1. The van der Waals surface area contributed by atoms with Crippen molar-refractivity contribution in [3.8, 4) is 0 Å². The number of hydrogen-bond acceptors (Lipinski definition) is 4. The molecule has 0 aliphatic carbocycles. The lowest BCUT2D eigenvalue weighted by Crippen LogP contribution is -2.23. The van der Waals surface area contributed by atoms with E-state index in [9.17, 15) is 9.59 Å². The van der Waals surface area contributed by atoms with Gasteiger partial charge in [-0.1, -0.05) is 6.92 Å². The van der Waals surface area contributed by atoms with Crippen molar-refractivity contribution in [3.05, 3.63) is 24.0 Å². The smallest absolute Gasteiger partial charge is 0.316 e. The van der Waals surface area contributed by atoms with Crippen LogP contribution in [0.1, 0.15) is 30.8 Å². The summed E-state index contributed by atoms with van der Waals surface area (Å²) in [5, 5.41) is 11.1. The number of hydrogen-bond donors (Lipinski definition) is 2. The molecule has 2 N–H and O–H groups in total. The van der Waals surface area contributed by atoms with Crippen LogP contribution in [0.4, 0.5) is 0 Å². The largest absolute Gasteiger partial charge is 0.480 e. The van der Waals surface area contributed by atoms with Gasteiger partial charge in [0.2, 0.25) is 0 Å². The average Bonchev–Trinajstić information content (AvgIpc) is 2.36. The van der Waals surface area contributed by atoms with Gasteiger partial charge in [-0.2, -0.15) is 0 Å². The molecule has 0 bridgehead atoms. The Morgan fingerprint density at radius 2 is 2.22 bits per heavy atom. The third-order valence-corrected chi connectivity index (χ3v) is 3.57. The number of rotatable bonds is 6. The first-order chi connectivity index (χ1) is 8.58. The maximum Gasteiger partial charge on any atom is 0.316 e. The average molecular weight is 268 g/mol. The second kappa shape index (κ2) is 7.00. The second-order valence-corrected chi connectivity index (χ2v) is 4.87. The zero-order valence-corrected chi connectivity index (χ0v) is 11.2. The minimum absolute atomic E-state index is 0.247. The van der Waals surface area contributed by atoms with E-state index in [-0.39, 0.29) is 5.91 Å². The fourth-order valence-corrected chi connectivity index (χ4v) is 2.25. The van der Waals surface area contributed by atoms with Crippen LogP contribution >= 0.6 is 11.8 Å². The van der Waals surface area contributed by atoms with Gasteiger partial charge in [-0.15, -0.1) is 11.8 Å². The van der Waals surface area contributed by atoms with Gasteiger partial charge in [0.25, 0.3) is 5.91 Å². The summed E-state index contributed by atoms with van der Waals surface area (Å²) in [7, 11) is 0. The highest BCUT2D eigenvalue weighted by Gasteiger charge is 2.17. The lowest BCUT2D eigenvalue weighted by Gasteiger charge is -2.09. The standard InChI is InChI=1S/C12H16N2O3S/c1-3-10(12(16)17)18-8-5-6-14-9(7-8)11(15)13-4-2/h5-7,10H,3-4H2,1-2H3,(H,13,15)(H,16,17). The SMILES string of the molecule is CCNC(=O)c1cc(SC(CC)C(=O)O)ccn1. The molecule has 1 unspecified atom stereocenters. The number of pyridine rings is 1. The van der Waals surface area contributed by atoms with Gasteiger partial charge in [0.15, 0.2) is 0 Å². The van der Waals surface area contributed by atoms with Crippen molar-refractivity contribution in [3.63, 3.8) is 0 Å². The summed E-state index contributed by atoms with van der Waals surface area (Å²) in [6.07, 6.45) is 2.04. The maximum absolute atomic E-state index is 11.6. The molecule has 0 radical (unpaired) electrons. The number of aromatic nitrogens is 1. The predicted molar refractivity (Wildman–Crippen MR) is 69.8 cm³/mol. The van der Waals surface area contributed by atoms with E-state index >= 15 is 0 Å².